The van der Waals surface area contributed by atoms with Crippen LogP contribution in [0.2, 0.25) is 0 Å². The Bertz CT molecular complexity index is 867. The number of carbonyl (C=O) groups is 2. The van der Waals surface area contributed by atoms with E-state index in [4.69, 9.17) is 4.74 Å². The molecule has 29 heavy (non-hydrogen) atoms. The van der Waals surface area contributed by atoms with Crippen molar-refractivity contribution in [3.05, 3.63) is 59.7 Å². The zero-order chi connectivity index (χ0) is 19.5. The van der Waals surface area contributed by atoms with Gasteiger partial charge in [-0.05, 0) is 37.5 Å². The zero-order valence-corrected chi connectivity index (χ0v) is 17.3. The van der Waals surface area contributed by atoms with Crippen LogP contribution in [0.25, 0.3) is 0 Å². The second kappa shape index (κ2) is 9.29. The number of carbonyl (C=O) groups excluding carboxylic acids is 2. The number of aryl methyl sites for hydroxylation is 1. The molecule has 2 aliphatic rings. The third kappa shape index (κ3) is 4.71. The molecule has 0 bridgehead atoms. The molecule has 2 heterocycles. The molecule has 4 rings (SSSR count). The molecule has 0 aliphatic carbocycles. The first-order valence-electron chi connectivity index (χ1n) is 9.73. The number of anilines is 2. The van der Waals surface area contributed by atoms with E-state index in [1.807, 2.05) is 60.4 Å². The van der Waals surface area contributed by atoms with Gasteiger partial charge in [-0.3, -0.25) is 14.6 Å². The molecule has 6 nitrogen and oxygen atoms in total. The van der Waals surface area contributed by atoms with E-state index in [0.717, 1.165) is 48.4 Å². The Labute approximate surface area is 177 Å². The Morgan fingerprint density at radius 2 is 1.83 bits per heavy atom. The first kappa shape index (κ1) is 21.1. The lowest BCUT2D eigenvalue weighted by molar-refractivity contribution is -0.117. The first-order valence-corrected chi connectivity index (χ1v) is 9.73. The van der Waals surface area contributed by atoms with Crippen molar-refractivity contribution in [2.45, 2.75) is 32.4 Å². The van der Waals surface area contributed by atoms with E-state index in [2.05, 4.69) is 10.2 Å². The van der Waals surface area contributed by atoms with Crippen molar-refractivity contribution in [2.75, 3.05) is 29.9 Å². The highest BCUT2D eigenvalue weighted by molar-refractivity contribution is 5.93. The number of fused-ring (bicyclic) bond motifs is 1. The summed E-state index contributed by atoms with van der Waals surface area (Å²) in [6, 6.07) is 15.6. The summed E-state index contributed by atoms with van der Waals surface area (Å²) in [5.41, 5.74) is 3.97. The number of piperidine rings is 1. The fraction of sp³-hybridized carbons (Fsp3) is 0.364. The Morgan fingerprint density at radius 3 is 2.55 bits per heavy atom. The van der Waals surface area contributed by atoms with Gasteiger partial charge in [0.1, 0.15) is 6.61 Å². The number of nitrogens with one attached hydrogen (secondary N) is 1. The van der Waals surface area contributed by atoms with Gasteiger partial charge < -0.3 is 10.1 Å². The van der Waals surface area contributed by atoms with E-state index in [0.29, 0.717) is 13.2 Å². The third-order valence-electron chi connectivity index (χ3n) is 5.46. The summed E-state index contributed by atoms with van der Waals surface area (Å²) in [4.78, 5) is 28.8. The largest absolute Gasteiger partial charge is 0.444 e. The number of nitrogens with zero attached hydrogens (tertiary/aromatic N) is 2. The molecule has 154 valence electrons. The van der Waals surface area contributed by atoms with Crippen LogP contribution in [0.4, 0.5) is 16.2 Å². The minimum absolute atomic E-state index is 0. The molecule has 2 amide bonds. The average Bonchev–Trinajstić information content (AvgIpc) is 2.70. The number of benzene rings is 2. The fourth-order valence-corrected chi connectivity index (χ4v) is 4.07. The number of para-hydroxylation sites is 2. The summed E-state index contributed by atoms with van der Waals surface area (Å²) in [7, 11) is 0. The van der Waals surface area contributed by atoms with Crippen molar-refractivity contribution in [3.63, 3.8) is 0 Å². The van der Waals surface area contributed by atoms with E-state index in [1.165, 1.54) is 0 Å². The van der Waals surface area contributed by atoms with E-state index >= 15 is 0 Å². The summed E-state index contributed by atoms with van der Waals surface area (Å²) in [5.74, 6) is -0.0109. The van der Waals surface area contributed by atoms with Crippen LogP contribution in [-0.2, 0) is 16.1 Å². The number of halogens is 1. The number of hydrogen-bond donors (Lipinski definition) is 1. The van der Waals surface area contributed by atoms with Gasteiger partial charge in [0.05, 0.1) is 12.2 Å². The molecule has 0 atom stereocenters. The molecule has 1 fully saturated rings. The number of hydrogen-bond acceptors (Lipinski definition) is 4. The van der Waals surface area contributed by atoms with Crippen molar-refractivity contribution in [3.8, 4) is 0 Å². The maximum Gasteiger partial charge on any atom is 0.414 e. The van der Waals surface area contributed by atoms with Crippen molar-refractivity contribution in [1.29, 1.82) is 0 Å². The lowest BCUT2D eigenvalue weighted by Crippen LogP contribution is -2.50. The summed E-state index contributed by atoms with van der Waals surface area (Å²) >= 11 is 0. The molecule has 1 saturated heterocycles. The van der Waals surface area contributed by atoms with Crippen LogP contribution in [0.5, 0.6) is 0 Å². The van der Waals surface area contributed by atoms with Crippen LogP contribution in [0, 0.1) is 6.92 Å². The third-order valence-corrected chi connectivity index (χ3v) is 5.46. The number of rotatable bonds is 4. The van der Waals surface area contributed by atoms with Crippen molar-refractivity contribution in [1.82, 2.24) is 4.90 Å². The molecule has 0 unspecified atom stereocenters. The Kier molecular flexibility index (Phi) is 6.77. The van der Waals surface area contributed by atoms with Crippen LogP contribution in [0.1, 0.15) is 24.0 Å². The highest BCUT2D eigenvalue weighted by Crippen LogP contribution is 2.34. The quantitative estimate of drug-likeness (QED) is 0.820. The Balaban J connectivity index is 0.00000240. The van der Waals surface area contributed by atoms with Gasteiger partial charge in [-0.1, -0.05) is 36.4 Å². The van der Waals surface area contributed by atoms with Crippen molar-refractivity contribution < 1.29 is 14.3 Å². The van der Waals surface area contributed by atoms with Crippen molar-refractivity contribution >= 4 is 35.8 Å². The second-order valence-corrected chi connectivity index (χ2v) is 7.43. The van der Waals surface area contributed by atoms with Crippen LogP contribution in [0.15, 0.2) is 48.5 Å². The zero-order valence-electron chi connectivity index (χ0n) is 16.5. The van der Waals surface area contributed by atoms with Gasteiger partial charge in [0.15, 0.2) is 0 Å². The predicted molar refractivity (Wildman–Crippen MR) is 116 cm³/mol. The Morgan fingerprint density at radius 1 is 1.10 bits per heavy atom. The van der Waals surface area contributed by atoms with Crippen LogP contribution < -0.4 is 10.2 Å². The van der Waals surface area contributed by atoms with Gasteiger partial charge in [-0.25, -0.2) is 4.79 Å². The van der Waals surface area contributed by atoms with Gasteiger partial charge >= 0.3 is 6.09 Å². The molecular formula is C22H26ClN3O3. The number of ether oxygens (including phenoxy) is 1. The van der Waals surface area contributed by atoms with E-state index in [9.17, 15) is 9.59 Å². The number of likely N-dealkylation sites (tertiary alicyclic amines) is 1. The summed E-state index contributed by atoms with van der Waals surface area (Å²) in [6.45, 7) is 4.29. The van der Waals surface area contributed by atoms with E-state index < -0.39 is 0 Å². The van der Waals surface area contributed by atoms with Gasteiger partial charge in [0.25, 0.3) is 0 Å². The maximum absolute atomic E-state index is 12.5. The minimum Gasteiger partial charge on any atom is -0.444 e. The summed E-state index contributed by atoms with van der Waals surface area (Å²) in [5, 5.41) is 2.93. The van der Waals surface area contributed by atoms with Crippen LogP contribution in [0.3, 0.4) is 0 Å². The molecule has 0 saturated carbocycles. The minimum atomic E-state index is -0.262. The molecule has 0 radical (unpaired) electrons. The number of cyclic esters (lactones) is 1. The van der Waals surface area contributed by atoms with Gasteiger partial charge in [0.2, 0.25) is 5.91 Å². The summed E-state index contributed by atoms with van der Waals surface area (Å²) < 4.78 is 5.39. The monoisotopic (exact) mass is 415 g/mol. The SMILES string of the molecule is Cc1cccc2c1N(C1CCN(CC(=O)Nc3ccccc3)CC1)C(=O)OC2.Cl. The number of amides is 2. The lowest BCUT2D eigenvalue weighted by atomic mass is 9.99. The van der Waals surface area contributed by atoms with Gasteiger partial charge in [0, 0.05) is 30.4 Å². The summed E-state index contributed by atoms with van der Waals surface area (Å²) in [6.07, 6.45) is 1.38. The smallest absolute Gasteiger partial charge is 0.414 e. The standard InChI is InChI=1S/C22H25N3O3.ClH/c1-16-6-5-7-17-15-28-22(27)25(21(16)17)19-10-12-24(13-11-19)14-20(26)23-18-8-3-2-4-9-18;/h2-9,19H,10-15H2,1H3,(H,23,26);1H. The van der Waals surface area contributed by atoms with Crippen LogP contribution >= 0.6 is 12.4 Å². The van der Waals surface area contributed by atoms with E-state index in [1.54, 1.807) is 0 Å². The maximum atomic E-state index is 12.5. The molecule has 2 aliphatic heterocycles. The van der Waals surface area contributed by atoms with E-state index in [-0.39, 0.29) is 30.4 Å². The fourth-order valence-electron chi connectivity index (χ4n) is 4.07. The van der Waals surface area contributed by atoms with Gasteiger partial charge in [-0.2, -0.15) is 0 Å². The van der Waals surface area contributed by atoms with Gasteiger partial charge in [-0.15, -0.1) is 12.4 Å². The van der Waals surface area contributed by atoms with Crippen LogP contribution in [-0.4, -0.2) is 42.6 Å². The molecule has 7 heteroatoms. The molecule has 0 spiro atoms. The molecular weight excluding hydrogens is 390 g/mol. The normalized spacial score (nSPS) is 17.1. The van der Waals surface area contributed by atoms with Crippen molar-refractivity contribution in [2.24, 2.45) is 0 Å². The highest BCUT2D eigenvalue weighted by atomic mass is 35.5. The first-order chi connectivity index (χ1) is 13.6. The molecule has 1 N–H and O–H groups in total. The Hall–Kier alpha value is -2.57. The topological polar surface area (TPSA) is 61.9 Å². The molecule has 2 aromatic rings. The molecule has 2 aromatic carbocycles. The molecule has 0 aromatic heterocycles. The second-order valence-electron chi connectivity index (χ2n) is 7.43. The highest BCUT2D eigenvalue weighted by Gasteiger charge is 2.35. The predicted octanol–water partition coefficient (Wildman–Crippen LogP) is 3.98. The average molecular weight is 416 g/mol. The lowest BCUT2D eigenvalue weighted by Gasteiger charge is -2.40.